The van der Waals surface area contributed by atoms with Crippen LogP contribution in [0.3, 0.4) is 0 Å². The van der Waals surface area contributed by atoms with Gasteiger partial charge in [0.2, 0.25) is 5.89 Å². The highest BCUT2D eigenvalue weighted by Crippen LogP contribution is 2.29. The smallest absolute Gasteiger partial charge is 0.227 e. The first-order valence-electron chi connectivity index (χ1n) is 8.50. The number of phenols is 1. The monoisotopic (exact) mass is 420 g/mol. The summed E-state index contributed by atoms with van der Waals surface area (Å²) < 4.78 is 6.79. The number of fused-ring (bicyclic) bond motifs is 1. The molecule has 0 aliphatic heterocycles. The fourth-order valence-corrected chi connectivity index (χ4v) is 3.24. The molecule has 0 atom stereocenters. The van der Waals surface area contributed by atoms with E-state index in [1.165, 1.54) is 0 Å². The van der Waals surface area contributed by atoms with Gasteiger partial charge in [-0.2, -0.15) is 0 Å². The maximum absolute atomic E-state index is 9.93. The molecule has 0 fully saturated rings. The summed E-state index contributed by atoms with van der Waals surface area (Å²) in [5.74, 6) is 0.789. The van der Waals surface area contributed by atoms with Crippen molar-refractivity contribution in [3.63, 3.8) is 0 Å². The van der Waals surface area contributed by atoms with Gasteiger partial charge in [-0.05, 0) is 73.5 Å². The highest BCUT2D eigenvalue weighted by atomic mass is 79.9. The zero-order chi connectivity index (χ0) is 19.0. The molecule has 1 heterocycles. The van der Waals surface area contributed by atoms with Crippen LogP contribution in [0.5, 0.6) is 5.75 Å². The number of hydrogen-bond acceptors (Lipinski definition) is 4. The molecule has 1 aromatic heterocycles. The zero-order valence-corrected chi connectivity index (χ0v) is 16.5. The molecule has 0 unspecified atom stereocenters. The summed E-state index contributed by atoms with van der Waals surface area (Å²) >= 11 is 3.40. The van der Waals surface area contributed by atoms with Gasteiger partial charge >= 0.3 is 0 Å². The van der Waals surface area contributed by atoms with Crippen molar-refractivity contribution in [2.75, 3.05) is 0 Å². The SMILES string of the molecule is Cc1ccc2nc(-c3ccc(N=Cc4cc(Br)ccc4O)c(C)c3)oc2c1. The van der Waals surface area contributed by atoms with Gasteiger partial charge in [0.1, 0.15) is 11.3 Å². The van der Waals surface area contributed by atoms with E-state index in [-0.39, 0.29) is 5.75 Å². The Morgan fingerprint density at radius 1 is 1.04 bits per heavy atom. The van der Waals surface area contributed by atoms with Gasteiger partial charge in [0.25, 0.3) is 0 Å². The number of aliphatic imine (C=N–C) groups is 1. The van der Waals surface area contributed by atoms with Gasteiger partial charge in [-0.15, -0.1) is 0 Å². The third kappa shape index (κ3) is 3.64. The zero-order valence-electron chi connectivity index (χ0n) is 14.9. The predicted molar refractivity (Wildman–Crippen MR) is 112 cm³/mol. The first-order chi connectivity index (χ1) is 13.0. The van der Waals surface area contributed by atoms with Gasteiger partial charge in [0.05, 0.1) is 5.69 Å². The molecule has 3 aromatic carbocycles. The number of oxazole rings is 1. The van der Waals surface area contributed by atoms with Gasteiger partial charge in [0.15, 0.2) is 5.58 Å². The van der Waals surface area contributed by atoms with Gasteiger partial charge in [-0.1, -0.05) is 22.0 Å². The van der Waals surface area contributed by atoms with Crippen LogP contribution in [-0.2, 0) is 0 Å². The fraction of sp³-hybridized carbons (Fsp3) is 0.0909. The van der Waals surface area contributed by atoms with Gasteiger partial charge < -0.3 is 9.52 Å². The molecular formula is C22H17BrN2O2. The number of halogens is 1. The van der Waals surface area contributed by atoms with Crippen molar-refractivity contribution in [1.82, 2.24) is 4.98 Å². The lowest BCUT2D eigenvalue weighted by Gasteiger charge is -2.03. The van der Waals surface area contributed by atoms with Crippen LogP contribution in [0, 0.1) is 13.8 Å². The summed E-state index contributed by atoms with van der Waals surface area (Å²) in [6.07, 6.45) is 1.66. The number of phenolic OH excluding ortho intramolecular Hbond substituents is 1. The molecule has 1 N–H and O–H groups in total. The van der Waals surface area contributed by atoms with Crippen molar-refractivity contribution in [2.24, 2.45) is 4.99 Å². The van der Waals surface area contributed by atoms with Crippen LogP contribution in [0.4, 0.5) is 5.69 Å². The van der Waals surface area contributed by atoms with Crippen molar-refractivity contribution in [2.45, 2.75) is 13.8 Å². The largest absolute Gasteiger partial charge is 0.507 e. The molecular weight excluding hydrogens is 404 g/mol. The Morgan fingerprint density at radius 3 is 2.70 bits per heavy atom. The Bertz CT molecular complexity index is 1180. The molecule has 0 radical (unpaired) electrons. The molecule has 0 amide bonds. The maximum Gasteiger partial charge on any atom is 0.227 e. The molecule has 5 heteroatoms. The molecule has 0 saturated carbocycles. The van der Waals surface area contributed by atoms with Crippen molar-refractivity contribution in [3.8, 4) is 17.2 Å². The molecule has 4 nitrogen and oxygen atoms in total. The van der Waals surface area contributed by atoms with Crippen molar-refractivity contribution in [3.05, 3.63) is 75.8 Å². The molecule has 0 spiro atoms. The summed E-state index contributed by atoms with van der Waals surface area (Å²) in [5, 5.41) is 9.93. The standard InChI is InChI=1S/C22H17BrN2O2/c1-13-3-6-19-21(9-13)27-22(25-19)15-4-7-18(14(2)10-15)24-12-16-11-17(23)5-8-20(16)26/h3-12,26H,1-2H3. The fourth-order valence-electron chi connectivity index (χ4n) is 2.86. The van der Waals surface area contributed by atoms with Crippen LogP contribution in [0.25, 0.3) is 22.6 Å². The lowest BCUT2D eigenvalue weighted by Crippen LogP contribution is -1.84. The van der Waals surface area contributed by atoms with E-state index in [4.69, 9.17) is 4.42 Å². The summed E-state index contributed by atoms with van der Waals surface area (Å²) in [7, 11) is 0. The minimum atomic E-state index is 0.193. The van der Waals surface area contributed by atoms with E-state index in [1.807, 2.05) is 56.3 Å². The Kier molecular flexibility index (Phi) is 4.54. The van der Waals surface area contributed by atoms with Crippen LogP contribution >= 0.6 is 15.9 Å². The Hall–Kier alpha value is -2.92. The highest BCUT2D eigenvalue weighted by Gasteiger charge is 2.10. The van der Waals surface area contributed by atoms with Crippen LogP contribution in [0.15, 0.2) is 68.5 Å². The molecule has 27 heavy (non-hydrogen) atoms. The first kappa shape index (κ1) is 17.5. The number of hydrogen-bond donors (Lipinski definition) is 1. The van der Waals surface area contributed by atoms with E-state index in [9.17, 15) is 5.11 Å². The normalized spacial score (nSPS) is 11.5. The molecule has 0 aliphatic rings. The van der Waals surface area contributed by atoms with E-state index in [0.717, 1.165) is 38.0 Å². The minimum Gasteiger partial charge on any atom is -0.507 e. The van der Waals surface area contributed by atoms with E-state index in [0.29, 0.717) is 11.5 Å². The molecule has 0 aliphatic carbocycles. The third-order valence-electron chi connectivity index (χ3n) is 4.32. The molecule has 4 aromatic rings. The summed E-state index contributed by atoms with van der Waals surface area (Å²) in [6.45, 7) is 4.02. The average Bonchev–Trinajstić information content (AvgIpc) is 3.06. The number of nitrogens with zero attached hydrogens (tertiary/aromatic N) is 2. The molecule has 0 bridgehead atoms. The Balaban J connectivity index is 1.65. The second-order valence-electron chi connectivity index (χ2n) is 6.45. The van der Waals surface area contributed by atoms with Gasteiger partial charge in [-0.25, -0.2) is 4.98 Å². The second-order valence-corrected chi connectivity index (χ2v) is 7.37. The second kappa shape index (κ2) is 7.00. The van der Waals surface area contributed by atoms with Crippen LogP contribution in [0.1, 0.15) is 16.7 Å². The predicted octanol–water partition coefficient (Wildman–Crippen LogP) is 6.33. The maximum atomic E-state index is 9.93. The lowest BCUT2D eigenvalue weighted by molar-refractivity contribution is 0.474. The van der Waals surface area contributed by atoms with Crippen LogP contribution in [-0.4, -0.2) is 16.3 Å². The average molecular weight is 421 g/mol. The highest BCUT2D eigenvalue weighted by molar-refractivity contribution is 9.10. The van der Waals surface area contributed by atoms with Crippen LogP contribution < -0.4 is 0 Å². The van der Waals surface area contributed by atoms with E-state index in [1.54, 1.807) is 18.3 Å². The first-order valence-corrected chi connectivity index (χ1v) is 9.30. The summed E-state index contributed by atoms with van der Waals surface area (Å²) in [4.78, 5) is 9.08. The minimum absolute atomic E-state index is 0.193. The summed E-state index contributed by atoms with van der Waals surface area (Å²) in [5.41, 5.74) is 6.16. The number of benzene rings is 3. The van der Waals surface area contributed by atoms with Crippen molar-refractivity contribution in [1.29, 1.82) is 0 Å². The lowest BCUT2D eigenvalue weighted by atomic mass is 10.1. The molecule has 4 rings (SSSR count). The van der Waals surface area contributed by atoms with Crippen LogP contribution in [0.2, 0.25) is 0 Å². The number of rotatable bonds is 3. The molecule has 134 valence electrons. The van der Waals surface area contributed by atoms with Crippen molar-refractivity contribution >= 4 is 38.9 Å². The van der Waals surface area contributed by atoms with E-state index < -0.39 is 0 Å². The topological polar surface area (TPSA) is 58.6 Å². The number of aromatic nitrogens is 1. The Labute approximate surface area is 165 Å². The van der Waals surface area contributed by atoms with Gasteiger partial charge in [-0.3, -0.25) is 4.99 Å². The molecule has 0 saturated heterocycles. The Morgan fingerprint density at radius 2 is 1.89 bits per heavy atom. The quantitative estimate of drug-likeness (QED) is 0.393. The van der Waals surface area contributed by atoms with E-state index >= 15 is 0 Å². The summed E-state index contributed by atoms with van der Waals surface area (Å²) in [6, 6.07) is 17.1. The number of aromatic hydroxyl groups is 1. The van der Waals surface area contributed by atoms with E-state index in [2.05, 4.69) is 25.9 Å². The third-order valence-corrected chi connectivity index (χ3v) is 4.81. The van der Waals surface area contributed by atoms with Gasteiger partial charge in [0, 0.05) is 21.8 Å². The van der Waals surface area contributed by atoms with Crippen molar-refractivity contribution < 1.29 is 9.52 Å². The number of aryl methyl sites for hydroxylation is 2.